The van der Waals surface area contributed by atoms with Gasteiger partial charge in [0.15, 0.2) is 0 Å². The molecule has 1 unspecified atom stereocenters. The lowest BCUT2D eigenvalue weighted by Gasteiger charge is -2.17. The molecule has 3 aromatic rings. The minimum Gasteiger partial charge on any atom is -0.325 e. The van der Waals surface area contributed by atoms with Gasteiger partial charge < -0.3 is 10.6 Å². The fraction of sp³-hybridized carbons (Fsp3) is 0.231. The molecule has 2 amide bonds. The lowest BCUT2D eigenvalue weighted by molar-refractivity contribution is -0.115. The van der Waals surface area contributed by atoms with Gasteiger partial charge in [-0.15, -0.1) is 11.8 Å². The molecule has 0 saturated carbocycles. The number of amides is 2. The maximum Gasteiger partial charge on any atom is 0.255 e. The van der Waals surface area contributed by atoms with E-state index in [0.29, 0.717) is 17.7 Å². The average molecular weight is 433 g/mol. The van der Waals surface area contributed by atoms with Crippen LogP contribution in [-0.4, -0.2) is 17.1 Å². The summed E-state index contributed by atoms with van der Waals surface area (Å²) in [4.78, 5) is 26.3. The van der Waals surface area contributed by atoms with E-state index in [2.05, 4.69) is 16.7 Å². The molecule has 0 bridgehead atoms. The number of anilines is 2. The smallest absolute Gasteiger partial charge is 0.255 e. The van der Waals surface area contributed by atoms with E-state index in [0.717, 1.165) is 21.7 Å². The van der Waals surface area contributed by atoms with E-state index >= 15 is 0 Å². The monoisotopic (exact) mass is 432 g/mol. The molecule has 0 aromatic heterocycles. The van der Waals surface area contributed by atoms with Crippen molar-refractivity contribution in [1.29, 1.82) is 0 Å². The highest BCUT2D eigenvalue weighted by atomic mass is 32.2. The fourth-order valence-corrected chi connectivity index (χ4v) is 4.22. The third-order valence-electron chi connectivity index (χ3n) is 4.99. The summed E-state index contributed by atoms with van der Waals surface area (Å²) < 4.78 is 0. The Hall–Kier alpha value is -3.05. The molecule has 160 valence electrons. The summed E-state index contributed by atoms with van der Waals surface area (Å²) in [7, 11) is 0. The maximum absolute atomic E-state index is 12.9. The Bertz CT molecular complexity index is 1080. The zero-order chi connectivity index (χ0) is 22.4. The van der Waals surface area contributed by atoms with Gasteiger partial charge in [0, 0.05) is 21.8 Å². The molecule has 2 N–H and O–H groups in total. The highest BCUT2D eigenvalue weighted by molar-refractivity contribution is 8.00. The molecular formula is C26H28N2O2S. The van der Waals surface area contributed by atoms with Crippen molar-refractivity contribution >= 4 is 35.0 Å². The van der Waals surface area contributed by atoms with Crippen LogP contribution in [0.25, 0.3) is 0 Å². The van der Waals surface area contributed by atoms with Crippen LogP contribution >= 0.6 is 11.8 Å². The number of carbonyl (C=O) groups is 2. The molecule has 0 fully saturated rings. The minimum atomic E-state index is -0.233. The van der Waals surface area contributed by atoms with E-state index in [9.17, 15) is 9.59 Å². The van der Waals surface area contributed by atoms with Crippen LogP contribution in [0.15, 0.2) is 71.6 Å². The molecule has 3 aromatic carbocycles. The molecule has 5 heteroatoms. The molecule has 1 atom stereocenters. The molecule has 0 aliphatic carbocycles. The SMILES string of the molecule is CCC(Sc1cccc(NC(=O)c2ccc(C)cc2)c1)C(=O)Nc1ccc(C)cc1C. The predicted octanol–water partition coefficient (Wildman–Crippen LogP) is 6.37. The second-order valence-corrected chi connectivity index (χ2v) is 8.95. The Morgan fingerprint density at radius 3 is 2.26 bits per heavy atom. The number of thioether (sulfide) groups is 1. The van der Waals surface area contributed by atoms with Crippen LogP contribution in [0.1, 0.15) is 40.4 Å². The summed E-state index contributed by atoms with van der Waals surface area (Å²) in [5.74, 6) is -0.171. The van der Waals surface area contributed by atoms with Gasteiger partial charge in [0.05, 0.1) is 5.25 Å². The Kier molecular flexibility index (Phi) is 7.53. The molecular weight excluding hydrogens is 404 g/mol. The zero-order valence-corrected chi connectivity index (χ0v) is 19.2. The van der Waals surface area contributed by atoms with E-state index in [1.165, 1.54) is 17.3 Å². The van der Waals surface area contributed by atoms with Gasteiger partial charge in [-0.25, -0.2) is 0 Å². The number of aryl methyl sites for hydroxylation is 3. The first-order valence-corrected chi connectivity index (χ1v) is 11.3. The largest absolute Gasteiger partial charge is 0.325 e. The zero-order valence-electron chi connectivity index (χ0n) is 18.4. The topological polar surface area (TPSA) is 58.2 Å². The summed E-state index contributed by atoms with van der Waals surface area (Å²) in [5.41, 5.74) is 5.49. The van der Waals surface area contributed by atoms with Crippen LogP contribution in [0, 0.1) is 20.8 Å². The van der Waals surface area contributed by atoms with Crippen LogP contribution in [-0.2, 0) is 4.79 Å². The summed E-state index contributed by atoms with van der Waals surface area (Å²) in [6, 6.07) is 21.1. The van der Waals surface area contributed by atoms with Crippen molar-refractivity contribution in [3.8, 4) is 0 Å². The Morgan fingerprint density at radius 2 is 1.58 bits per heavy atom. The van der Waals surface area contributed by atoms with Gasteiger partial charge in [0.1, 0.15) is 0 Å². The van der Waals surface area contributed by atoms with E-state index in [1.54, 1.807) is 0 Å². The van der Waals surface area contributed by atoms with Gasteiger partial charge >= 0.3 is 0 Å². The maximum atomic E-state index is 12.9. The standard InChI is InChI=1S/C26H28N2O2S/c1-5-24(26(30)28-23-14-11-18(3)15-19(23)4)31-22-8-6-7-21(16-22)27-25(29)20-12-9-17(2)10-13-20/h6-16,24H,5H2,1-4H3,(H,27,29)(H,28,30). The number of nitrogens with one attached hydrogen (secondary N) is 2. The Labute approximate surface area is 188 Å². The predicted molar refractivity (Wildman–Crippen MR) is 130 cm³/mol. The first-order valence-electron chi connectivity index (χ1n) is 10.4. The summed E-state index contributed by atoms with van der Waals surface area (Å²) in [6.45, 7) is 8.02. The second-order valence-electron chi connectivity index (χ2n) is 7.67. The lowest BCUT2D eigenvalue weighted by atomic mass is 10.1. The van der Waals surface area contributed by atoms with Crippen LogP contribution in [0.4, 0.5) is 11.4 Å². The third-order valence-corrected chi connectivity index (χ3v) is 6.35. The van der Waals surface area contributed by atoms with Gasteiger partial charge in [-0.2, -0.15) is 0 Å². The van der Waals surface area contributed by atoms with E-state index in [4.69, 9.17) is 0 Å². The fourth-order valence-electron chi connectivity index (χ4n) is 3.21. The number of hydrogen-bond acceptors (Lipinski definition) is 3. The van der Waals surface area contributed by atoms with Gasteiger partial charge in [0.25, 0.3) is 5.91 Å². The van der Waals surface area contributed by atoms with Crippen molar-refractivity contribution in [3.63, 3.8) is 0 Å². The Morgan fingerprint density at radius 1 is 0.871 bits per heavy atom. The summed E-state index contributed by atoms with van der Waals surface area (Å²) in [5, 5.41) is 5.76. The molecule has 0 saturated heterocycles. The molecule has 0 aliphatic rings. The van der Waals surface area contributed by atoms with Gasteiger partial charge in [-0.3, -0.25) is 9.59 Å². The molecule has 0 spiro atoms. The van der Waals surface area contributed by atoms with Gasteiger partial charge in [-0.1, -0.05) is 48.4 Å². The van der Waals surface area contributed by atoms with Crippen LogP contribution < -0.4 is 10.6 Å². The van der Waals surface area contributed by atoms with Crippen molar-refractivity contribution in [2.24, 2.45) is 0 Å². The molecule has 0 heterocycles. The summed E-state index contributed by atoms with van der Waals surface area (Å²) in [6.07, 6.45) is 0.696. The van der Waals surface area contributed by atoms with Crippen molar-refractivity contribution in [1.82, 2.24) is 0 Å². The quantitative estimate of drug-likeness (QED) is 0.426. The highest BCUT2D eigenvalue weighted by Crippen LogP contribution is 2.29. The van der Waals surface area contributed by atoms with Gasteiger partial charge in [-0.05, 0) is 69.2 Å². The number of carbonyl (C=O) groups excluding carboxylic acids is 2. The molecule has 31 heavy (non-hydrogen) atoms. The van der Waals surface area contributed by atoms with Crippen LogP contribution in [0.3, 0.4) is 0 Å². The van der Waals surface area contributed by atoms with Crippen LogP contribution in [0.2, 0.25) is 0 Å². The average Bonchev–Trinajstić information content (AvgIpc) is 2.74. The van der Waals surface area contributed by atoms with E-state index in [-0.39, 0.29) is 17.1 Å². The lowest BCUT2D eigenvalue weighted by Crippen LogP contribution is -2.25. The highest BCUT2D eigenvalue weighted by Gasteiger charge is 2.19. The molecule has 0 aliphatic heterocycles. The molecule has 4 nitrogen and oxygen atoms in total. The third kappa shape index (κ3) is 6.22. The van der Waals surface area contributed by atoms with Crippen LogP contribution in [0.5, 0.6) is 0 Å². The second kappa shape index (κ2) is 10.3. The first kappa shape index (κ1) is 22.6. The molecule has 0 radical (unpaired) electrons. The number of rotatable bonds is 7. The summed E-state index contributed by atoms with van der Waals surface area (Å²) >= 11 is 1.50. The minimum absolute atomic E-state index is 0.0199. The van der Waals surface area contributed by atoms with Crippen molar-refractivity contribution in [2.45, 2.75) is 44.3 Å². The van der Waals surface area contributed by atoms with E-state index in [1.807, 2.05) is 88.4 Å². The van der Waals surface area contributed by atoms with E-state index < -0.39 is 0 Å². The van der Waals surface area contributed by atoms with Crippen molar-refractivity contribution in [2.75, 3.05) is 10.6 Å². The van der Waals surface area contributed by atoms with Gasteiger partial charge in [0.2, 0.25) is 5.91 Å². The van der Waals surface area contributed by atoms with Crippen molar-refractivity contribution in [3.05, 3.63) is 89.0 Å². The molecule has 3 rings (SSSR count). The first-order chi connectivity index (χ1) is 14.9. The number of hydrogen-bond donors (Lipinski definition) is 2. The Balaban J connectivity index is 1.67. The number of benzene rings is 3. The van der Waals surface area contributed by atoms with Crippen molar-refractivity contribution < 1.29 is 9.59 Å². The normalized spacial score (nSPS) is 11.6.